The number of aryl methyl sites for hydroxylation is 1. The van der Waals surface area contributed by atoms with Crippen LogP contribution < -0.4 is 5.32 Å². The Hall–Kier alpha value is -3.17. The number of carbonyl (C=O) groups excluding carboxylic acids is 3. The largest absolute Gasteiger partial charge is 0.406 e. The van der Waals surface area contributed by atoms with E-state index in [1.807, 2.05) is 0 Å². The number of alkyl halides is 3. The van der Waals surface area contributed by atoms with Gasteiger partial charge in [0.25, 0.3) is 5.91 Å². The van der Waals surface area contributed by atoms with Crippen LogP contribution in [0.3, 0.4) is 0 Å². The number of aromatic nitrogens is 1. The lowest BCUT2D eigenvalue weighted by Crippen LogP contribution is -2.43. The molecule has 1 fully saturated rings. The highest BCUT2D eigenvalue weighted by atomic mass is 19.4. The Labute approximate surface area is 175 Å². The first-order chi connectivity index (χ1) is 14.4. The van der Waals surface area contributed by atoms with Crippen molar-refractivity contribution in [1.29, 1.82) is 0 Å². The van der Waals surface area contributed by atoms with E-state index < -0.39 is 48.3 Å². The number of Topliss-reactive ketones (excluding diaryl/α,β-unsaturated/α-hetero) is 1. The fourth-order valence-corrected chi connectivity index (χ4v) is 3.88. The van der Waals surface area contributed by atoms with Crippen molar-refractivity contribution >= 4 is 17.7 Å². The Balaban J connectivity index is 1.87. The van der Waals surface area contributed by atoms with Crippen molar-refractivity contribution in [1.82, 2.24) is 14.8 Å². The first kappa shape index (κ1) is 22.5. The molecule has 1 N–H and O–H groups in total. The van der Waals surface area contributed by atoms with Gasteiger partial charge in [0.15, 0.2) is 5.78 Å². The second-order valence-electron chi connectivity index (χ2n) is 7.50. The number of hydrogen-bond donors (Lipinski definition) is 1. The molecule has 1 atom stereocenters. The van der Waals surface area contributed by atoms with Gasteiger partial charge in [-0.2, -0.15) is 13.2 Å². The Kier molecular flexibility index (Phi) is 5.68. The third-order valence-corrected chi connectivity index (χ3v) is 5.56. The summed E-state index contributed by atoms with van der Waals surface area (Å²) < 4.78 is 52.7. The minimum absolute atomic E-state index is 0.0122. The first-order valence-corrected chi connectivity index (χ1v) is 9.56. The predicted molar refractivity (Wildman–Crippen MR) is 103 cm³/mol. The number of hydrogen-bond acceptors (Lipinski definition) is 3. The minimum atomic E-state index is -4.46. The van der Waals surface area contributed by atoms with Crippen LogP contribution in [0.4, 0.5) is 22.4 Å². The van der Waals surface area contributed by atoms with Crippen LogP contribution in [-0.2, 0) is 16.9 Å². The Bertz CT molecular complexity index is 1040. The monoisotopic (exact) mass is 439 g/mol. The zero-order chi connectivity index (χ0) is 23.1. The van der Waals surface area contributed by atoms with E-state index in [4.69, 9.17) is 0 Å². The van der Waals surface area contributed by atoms with Crippen LogP contribution in [0.15, 0.2) is 30.3 Å². The van der Waals surface area contributed by atoms with Crippen molar-refractivity contribution in [3.05, 3.63) is 58.7 Å². The number of benzene rings is 1. The highest BCUT2D eigenvalue weighted by Crippen LogP contribution is 2.33. The van der Waals surface area contributed by atoms with Gasteiger partial charge in [0.1, 0.15) is 17.9 Å². The summed E-state index contributed by atoms with van der Waals surface area (Å²) >= 11 is 0. The number of rotatable bonds is 6. The number of ketones is 1. The molecule has 0 radical (unpaired) electrons. The van der Waals surface area contributed by atoms with Gasteiger partial charge in [-0.1, -0.05) is 19.1 Å². The van der Waals surface area contributed by atoms with Gasteiger partial charge in [-0.15, -0.1) is 0 Å². The molecule has 0 aliphatic carbocycles. The van der Waals surface area contributed by atoms with Crippen molar-refractivity contribution in [2.24, 2.45) is 0 Å². The summed E-state index contributed by atoms with van der Waals surface area (Å²) in [5, 5.41) is 2.58. The van der Waals surface area contributed by atoms with E-state index in [1.54, 1.807) is 6.92 Å². The maximum Gasteiger partial charge on any atom is 0.406 e. The molecule has 31 heavy (non-hydrogen) atoms. The highest BCUT2D eigenvalue weighted by Gasteiger charge is 2.51. The molecule has 0 saturated carbocycles. The van der Waals surface area contributed by atoms with E-state index in [2.05, 4.69) is 5.32 Å². The summed E-state index contributed by atoms with van der Waals surface area (Å²) in [6, 6.07) is 5.61. The van der Waals surface area contributed by atoms with Crippen molar-refractivity contribution in [2.45, 2.75) is 45.5 Å². The number of urea groups is 1. The summed E-state index contributed by atoms with van der Waals surface area (Å²) in [6.07, 6.45) is -4.30. The van der Waals surface area contributed by atoms with E-state index in [9.17, 15) is 31.9 Å². The van der Waals surface area contributed by atoms with Gasteiger partial charge >= 0.3 is 12.2 Å². The summed E-state index contributed by atoms with van der Waals surface area (Å²) in [5.41, 5.74) is -0.721. The quantitative estimate of drug-likeness (QED) is 0.422. The molecule has 0 spiro atoms. The minimum Gasteiger partial charge on any atom is -0.339 e. The third-order valence-electron chi connectivity index (χ3n) is 5.56. The molecule has 2 aromatic rings. The summed E-state index contributed by atoms with van der Waals surface area (Å²) in [5.74, 6) is -1.84. The lowest BCUT2D eigenvalue weighted by Gasteiger charge is -2.25. The topological polar surface area (TPSA) is 71.4 Å². The lowest BCUT2D eigenvalue weighted by molar-refractivity contribution is -0.141. The van der Waals surface area contributed by atoms with Crippen LogP contribution in [0.1, 0.15) is 40.7 Å². The van der Waals surface area contributed by atoms with Crippen LogP contribution in [0, 0.1) is 19.7 Å². The zero-order valence-corrected chi connectivity index (χ0v) is 17.1. The van der Waals surface area contributed by atoms with Crippen molar-refractivity contribution in [3.63, 3.8) is 0 Å². The molecule has 1 aromatic carbocycles. The average Bonchev–Trinajstić information content (AvgIpc) is 3.10. The van der Waals surface area contributed by atoms with Crippen LogP contribution in [-0.4, -0.2) is 39.9 Å². The van der Waals surface area contributed by atoms with Crippen molar-refractivity contribution in [3.8, 4) is 0 Å². The standard InChI is InChI=1S/C21H21F4N3O3/c1-4-20(14-5-7-15(22)8-6-14)18(30)27(19(31)26-20)10-17(29)16-9-12(2)28(13(16)3)11-21(23,24)25/h5-9H,4,10-11H2,1-3H3,(H,26,31). The van der Waals surface area contributed by atoms with Gasteiger partial charge < -0.3 is 9.88 Å². The molecule has 3 rings (SSSR count). The maximum atomic E-state index is 13.3. The maximum absolute atomic E-state index is 13.3. The van der Waals surface area contributed by atoms with E-state index >= 15 is 0 Å². The molecule has 3 amide bonds. The second kappa shape index (κ2) is 7.82. The van der Waals surface area contributed by atoms with E-state index in [-0.39, 0.29) is 23.4 Å². The van der Waals surface area contributed by atoms with Crippen molar-refractivity contribution < 1.29 is 31.9 Å². The third kappa shape index (κ3) is 4.06. The summed E-state index contributed by atoms with van der Waals surface area (Å²) in [7, 11) is 0. The normalized spacial score (nSPS) is 19.1. The first-order valence-electron chi connectivity index (χ1n) is 9.56. The fourth-order valence-electron chi connectivity index (χ4n) is 3.88. The van der Waals surface area contributed by atoms with Gasteiger partial charge in [-0.25, -0.2) is 9.18 Å². The van der Waals surface area contributed by atoms with Gasteiger partial charge in [-0.3, -0.25) is 14.5 Å². The number of nitrogens with zero attached hydrogens (tertiary/aromatic N) is 2. The predicted octanol–water partition coefficient (Wildman–Crippen LogP) is 3.85. The Morgan fingerprint density at radius 3 is 2.29 bits per heavy atom. The number of imide groups is 1. The molecule has 1 saturated heterocycles. The molecule has 0 bridgehead atoms. The highest BCUT2D eigenvalue weighted by molar-refractivity contribution is 6.11. The SMILES string of the molecule is CCC1(c2ccc(F)cc2)NC(=O)N(CC(=O)c2cc(C)n(CC(F)(F)F)c2C)C1=O. The van der Waals surface area contributed by atoms with Gasteiger partial charge in [-0.05, 0) is 44.0 Å². The zero-order valence-electron chi connectivity index (χ0n) is 17.1. The van der Waals surface area contributed by atoms with Crippen LogP contribution in [0.2, 0.25) is 0 Å². The molecule has 10 heteroatoms. The molecular weight excluding hydrogens is 418 g/mol. The van der Waals surface area contributed by atoms with Gasteiger partial charge in [0.2, 0.25) is 0 Å². The van der Waals surface area contributed by atoms with Crippen molar-refractivity contribution in [2.75, 3.05) is 6.54 Å². The van der Waals surface area contributed by atoms with Crippen LogP contribution in [0.5, 0.6) is 0 Å². The molecular formula is C21H21F4N3O3. The van der Waals surface area contributed by atoms with Gasteiger partial charge in [0, 0.05) is 17.0 Å². The van der Waals surface area contributed by atoms with E-state index in [0.717, 1.165) is 21.6 Å². The number of amides is 3. The molecule has 6 nitrogen and oxygen atoms in total. The van der Waals surface area contributed by atoms with Crippen LogP contribution >= 0.6 is 0 Å². The summed E-state index contributed by atoms with van der Waals surface area (Å²) in [6.45, 7) is 2.62. The number of nitrogens with one attached hydrogen (secondary N) is 1. The Morgan fingerprint density at radius 1 is 1.13 bits per heavy atom. The van der Waals surface area contributed by atoms with Crippen LogP contribution in [0.25, 0.3) is 0 Å². The number of halogens is 4. The Morgan fingerprint density at radius 2 is 1.74 bits per heavy atom. The van der Waals surface area contributed by atoms with E-state index in [0.29, 0.717) is 5.56 Å². The summed E-state index contributed by atoms with van der Waals surface area (Å²) in [4.78, 5) is 39.2. The smallest absolute Gasteiger partial charge is 0.339 e. The number of carbonyl (C=O) groups is 3. The molecule has 166 valence electrons. The average molecular weight is 439 g/mol. The fraction of sp³-hybridized carbons (Fsp3) is 0.381. The lowest BCUT2D eigenvalue weighted by atomic mass is 9.87. The van der Waals surface area contributed by atoms with E-state index in [1.165, 1.54) is 32.0 Å². The van der Waals surface area contributed by atoms with Gasteiger partial charge in [0.05, 0.1) is 6.54 Å². The molecule has 1 unspecified atom stereocenters. The molecule has 1 aliphatic rings. The molecule has 2 heterocycles. The molecule has 1 aromatic heterocycles. The second-order valence-corrected chi connectivity index (χ2v) is 7.50. The molecule has 1 aliphatic heterocycles.